The Morgan fingerprint density at radius 2 is 0.386 bits per heavy atom. The van der Waals surface area contributed by atoms with Gasteiger partial charge < -0.3 is 8.83 Å². The lowest BCUT2D eigenvalue weighted by Gasteiger charge is -2.16. The molecule has 25 aromatic rings. The fourth-order valence-corrected chi connectivity index (χ4v) is 19.4. The molecule has 8 heteroatoms. The first-order valence-electron chi connectivity index (χ1n) is 44.7. The summed E-state index contributed by atoms with van der Waals surface area (Å²) in [7, 11) is 0. The van der Waals surface area contributed by atoms with Gasteiger partial charge in [0.25, 0.3) is 0 Å². The van der Waals surface area contributed by atoms with Crippen molar-refractivity contribution in [1.82, 2.24) is 29.9 Å². The molecule has 0 saturated heterocycles. The van der Waals surface area contributed by atoms with E-state index in [1.165, 1.54) is 0 Å². The number of hydrogen-bond acceptors (Lipinski definition) is 8. The molecule has 0 aliphatic heterocycles. The summed E-state index contributed by atoms with van der Waals surface area (Å²) in [6.07, 6.45) is 0. The van der Waals surface area contributed by atoms with E-state index in [-0.39, 0.29) is 0 Å². The molecule has 0 aliphatic rings. The van der Waals surface area contributed by atoms with E-state index in [9.17, 15) is 0 Å². The molecule has 0 amide bonds. The number of para-hydroxylation sites is 4. The summed E-state index contributed by atoms with van der Waals surface area (Å²) in [5.41, 5.74) is 35.9. The highest BCUT2D eigenvalue weighted by Crippen LogP contribution is 2.50. The Labute approximate surface area is 761 Å². The molecule has 8 nitrogen and oxygen atoms in total. The first-order valence-corrected chi connectivity index (χ1v) is 44.7. The van der Waals surface area contributed by atoms with E-state index >= 15 is 0 Å². The second-order valence-corrected chi connectivity index (χ2v) is 33.8. The summed E-state index contributed by atoms with van der Waals surface area (Å²) < 4.78 is 13.5. The second kappa shape index (κ2) is 32.3. The number of benzene rings is 19. The molecule has 19 aromatic carbocycles. The number of furan rings is 2. The quantitative estimate of drug-likeness (QED) is 0.0882. The van der Waals surface area contributed by atoms with Crippen LogP contribution in [0.25, 0.3) is 267 Å². The van der Waals surface area contributed by atoms with Crippen molar-refractivity contribution in [2.75, 3.05) is 0 Å². The zero-order valence-corrected chi connectivity index (χ0v) is 71.4. The molecule has 614 valence electrons. The lowest BCUT2D eigenvalue weighted by atomic mass is 9.89. The summed E-state index contributed by atoms with van der Waals surface area (Å²) in [5, 5.41) is 10.9. The van der Waals surface area contributed by atoms with Gasteiger partial charge in [-0.15, -0.1) is 0 Å². The lowest BCUT2D eigenvalue weighted by molar-refractivity contribution is 0.669. The minimum Gasteiger partial charge on any atom is -0.456 e. The lowest BCUT2D eigenvalue weighted by Crippen LogP contribution is -1.96. The highest BCUT2D eigenvalue weighted by molar-refractivity contribution is 6.30. The molecule has 0 N–H and O–H groups in total. The minimum absolute atomic E-state index is 0.636. The van der Waals surface area contributed by atoms with Gasteiger partial charge in [0.15, 0.2) is 11.6 Å². The van der Waals surface area contributed by atoms with Crippen LogP contribution in [0.15, 0.2) is 470 Å². The van der Waals surface area contributed by atoms with Crippen LogP contribution in [0.3, 0.4) is 0 Å². The molecular formula is C124H76N6O2. The summed E-state index contributed by atoms with van der Waals surface area (Å²) in [5.74, 6) is 1.29. The van der Waals surface area contributed by atoms with Gasteiger partial charge in [0, 0.05) is 109 Å². The van der Waals surface area contributed by atoms with Crippen molar-refractivity contribution in [3.05, 3.63) is 461 Å². The molecular weight excluding hydrogens is 1610 g/mol. The molecule has 0 atom stereocenters. The Hall–Kier alpha value is -17.7. The standard InChI is InChI=1S/C124H76N6O2/c1-5-25-77(26-6-1)78-53-61-84(62-54-78)107-75-108(96-38-23-36-94(71-96)81-55-63-85(64-56-81)115-117-99-41-13-17-45-105(99)125-121(87-27-7-2-8-28-87)103(117)73-113-119(115)101-43-15-19-47-111(101)131-113)130-124(127-107)90-67-59-83(60-68-90)92-34-21-33-91(69-92)79-49-51-80(52-50-79)93-35-22-39-97(70-93)109-76-110(129-123(128-109)89-31-11-4-12-32-89)98-40-24-37-95(72-98)82-57-65-86(66-58-82)116-118-100-42-14-18-46-106(100)126-122(88-29-9-3-10-30-88)104(118)74-114-120(116)102-44-16-20-48-112(102)132-114/h1-76H. The van der Waals surface area contributed by atoms with Gasteiger partial charge in [0.1, 0.15) is 22.3 Å². The van der Waals surface area contributed by atoms with Crippen molar-refractivity contribution in [3.8, 4) is 179 Å². The molecule has 0 saturated carbocycles. The average Bonchev–Trinajstić information content (AvgIpc) is 1.56. The van der Waals surface area contributed by atoms with Crippen molar-refractivity contribution >= 4 is 87.2 Å². The summed E-state index contributed by atoms with van der Waals surface area (Å²) in [6.45, 7) is 0. The van der Waals surface area contributed by atoms with Gasteiger partial charge in [-0.25, -0.2) is 29.9 Å². The maximum Gasteiger partial charge on any atom is 0.160 e. The SMILES string of the molecule is c1ccc(-c2ccc(-c3cc(-c4cccc(-c5ccc(-c6c7c(cc8c(-c9ccccc9)nc9ccccc9c68)oc6ccccc67)cc5)c4)nc(-c4ccc(-c5cccc(-c6ccc(-c7cccc(-c8cc(-c9cccc(-c%10ccc(-c%11c%12c(cc%13c(-c%14ccccc%14)nc%14ccccc%14c%11%13)oc%11ccccc%11%12)cc%10)c9)nc(-c9ccccc9)n8)c7)cc6)c5)cc4)n3)cc2)cc1. The molecule has 25 rings (SSSR count). The normalized spacial score (nSPS) is 11.6. The highest BCUT2D eigenvalue weighted by Gasteiger charge is 2.26. The van der Waals surface area contributed by atoms with Crippen LogP contribution in [0.4, 0.5) is 0 Å². The Morgan fingerprint density at radius 1 is 0.136 bits per heavy atom. The summed E-state index contributed by atoms with van der Waals surface area (Å²) in [4.78, 5) is 32.1. The molecule has 0 spiro atoms. The van der Waals surface area contributed by atoms with Gasteiger partial charge in [-0.1, -0.05) is 388 Å². The van der Waals surface area contributed by atoms with E-state index in [4.69, 9.17) is 38.7 Å². The molecule has 0 radical (unpaired) electrons. The predicted octanol–water partition coefficient (Wildman–Crippen LogP) is 33.1. The van der Waals surface area contributed by atoms with Crippen LogP contribution in [-0.2, 0) is 0 Å². The summed E-state index contributed by atoms with van der Waals surface area (Å²) in [6, 6.07) is 163. The number of pyridine rings is 2. The molecule has 132 heavy (non-hydrogen) atoms. The van der Waals surface area contributed by atoms with Crippen LogP contribution in [0.1, 0.15) is 0 Å². The Kier molecular flexibility index (Phi) is 18.8. The highest BCUT2D eigenvalue weighted by atomic mass is 16.3. The van der Waals surface area contributed by atoms with E-state index in [1.807, 2.05) is 30.3 Å². The van der Waals surface area contributed by atoms with Crippen molar-refractivity contribution in [1.29, 1.82) is 0 Å². The average molecular weight is 1680 g/mol. The third-order valence-electron chi connectivity index (χ3n) is 25.9. The fourth-order valence-electron chi connectivity index (χ4n) is 19.4. The molecule has 0 aliphatic carbocycles. The van der Waals surface area contributed by atoms with Crippen LogP contribution in [0, 0.1) is 0 Å². The zero-order chi connectivity index (χ0) is 87.1. The van der Waals surface area contributed by atoms with E-state index < -0.39 is 0 Å². The van der Waals surface area contributed by atoms with Gasteiger partial charge in [0.05, 0.1) is 45.2 Å². The third kappa shape index (κ3) is 13.9. The zero-order valence-electron chi connectivity index (χ0n) is 71.4. The van der Waals surface area contributed by atoms with Gasteiger partial charge in [-0.3, -0.25) is 0 Å². The maximum atomic E-state index is 6.74. The van der Waals surface area contributed by atoms with Gasteiger partial charge in [0.2, 0.25) is 0 Å². The van der Waals surface area contributed by atoms with Crippen LogP contribution < -0.4 is 0 Å². The maximum absolute atomic E-state index is 6.74. The van der Waals surface area contributed by atoms with E-state index in [0.717, 1.165) is 255 Å². The van der Waals surface area contributed by atoms with Crippen LogP contribution >= 0.6 is 0 Å². The first-order chi connectivity index (χ1) is 65.4. The van der Waals surface area contributed by atoms with Gasteiger partial charge >= 0.3 is 0 Å². The number of nitrogens with zero attached hydrogens (tertiary/aromatic N) is 6. The fraction of sp³-hybridized carbons (Fsp3) is 0. The number of aromatic nitrogens is 6. The van der Waals surface area contributed by atoms with E-state index in [0.29, 0.717) is 11.6 Å². The topological polar surface area (TPSA) is 104 Å². The van der Waals surface area contributed by atoms with E-state index in [1.54, 1.807) is 0 Å². The van der Waals surface area contributed by atoms with Crippen LogP contribution in [0.2, 0.25) is 0 Å². The molecule has 6 heterocycles. The van der Waals surface area contributed by atoms with E-state index in [2.05, 4.69) is 431 Å². The van der Waals surface area contributed by atoms with Crippen LogP contribution in [0.5, 0.6) is 0 Å². The van der Waals surface area contributed by atoms with Gasteiger partial charge in [-0.05, 0) is 151 Å². The minimum atomic E-state index is 0.636. The van der Waals surface area contributed by atoms with Crippen molar-refractivity contribution < 1.29 is 8.83 Å². The Balaban J connectivity index is 0.503. The molecule has 0 bridgehead atoms. The monoisotopic (exact) mass is 1680 g/mol. The van der Waals surface area contributed by atoms with Crippen LogP contribution in [-0.4, -0.2) is 29.9 Å². The number of fused-ring (bicyclic) bond motifs is 12. The van der Waals surface area contributed by atoms with Crippen molar-refractivity contribution in [3.63, 3.8) is 0 Å². The third-order valence-corrected chi connectivity index (χ3v) is 25.9. The molecule has 0 fully saturated rings. The molecule has 6 aromatic heterocycles. The van der Waals surface area contributed by atoms with Gasteiger partial charge in [-0.2, -0.15) is 0 Å². The first kappa shape index (κ1) is 76.7. The largest absolute Gasteiger partial charge is 0.456 e. The Bertz CT molecular complexity index is 8820. The predicted molar refractivity (Wildman–Crippen MR) is 545 cm³/mol. The Morgan fingerprint density at radius 3 is 0.758 bits per heavy atom. The number of rotatable bonds is 16. The second-order valence-electron chi connectivity index (χ2n) is 33.8. The number of hydrogen-bond donors (Lipinski definition) is 0. The smallest absolute Gasteiger partial charge is 0.160 e. The summed E-state index contributed by atoms with van der Waals surface area (Å²) >= 11 is 0. The van der Waals surface area contributed by atoms with Crippen molar-refractivity contribution in [2.45, 2.75) is 0 Å². The molecule has 0 unspecified atom stereocenters. The van der Waals surface area contributed by atoms with Crippen molar-refractivity contribution in [2.24, 2.45) is 0 Å².